The molecule has 6 amide bonds. The van der Waals surface area contributed by atoms with E-state index in [0.717, 1.165) is 32.4 Å². The standard InChI is InChI=1S/C41H45N7O13S.C11H21NO4/c1-61-27-9-3-6-23-32(27)38(55)34-33(36(23)53)37(54)24-18-21(11-12-22(24)35(34)52)39(56)43-15-16-44-41(58)26-8-5-17-48(26)31(51)20-46-29(50)19-45-28(49)13-14-42-40(57)25-7-4-10-30(47-25)62(2,59)60;1-8-11(13)9(3-5-15-8)12-4-6-16-10(7-12)14-2/h3-4,6-7,9-10,21,26,52,54H,5,8,11-20H2,1-2H3,(H,42,57)(H,43,56)(H,44,58)(H,45,49)(H,46,50);8-11,13H,3-7H2,1-2H3. The first-order chi connectivity index (χ1) is 37.2. The van der Waals surface area contributed by atoms with Gasteiger partial charge in [-0.25, -0.2) is 13.4 Å². The van der Waals surface area contributed by atoms with E-state index in [4.69, 9.17) is 18.9 Å². The minimum absolute atomic E-state index is 0.00264. The predicted molar refractivity (Wildman–Crippen MR) is 274 cm³/mol. The van der Waals surface area contributed by atoms with Crippen LogP contribution in [-0.2, 0) is 60.9 Å². The number of sulfone groups is 1. The number of phenolic OH excluding ortho intramolecular Hbond substituents is 2. The third kappa shape index (κ3) is 13.6. The molecule has 26 heteroatoms. The summed E-state index contributed by atoms with van der Waals surface area (Å²) in [5.41, 5.74) is -0.260. The van der Waals surface area contributed by atoms with Gasteiger partial charge in [0.1, 0.15) is 29.0 Å². The number of pyridine rings is 1. The van der Waals surface area contributed by atoms with Gasteiger partial charge in [0, 0.05) is 94.3 Å². The number of aromatic nitrogens is 1. The number of ketones is 2. The van der Waals surface area contributed by atoms with Crippen molar-refractivity contribution in [2.24, 2.45) is 5.92 Å². The van der Waals surface area contributed by atoms with Crippen LogP contribution < -0.4 is 31.3 Å². The van der Waals surface area contributed by atoms with E-state index in [1.54, 1.807) is 7.11 Å². The minimum Gasteiger partial charge on any atom is -0.507 e. The van der Waals surface area contributed by atoms with Crippen molar-refractivity contribution in [1.29, 1.82) is 0 Å². The van der Waals surface area contributed by atoms with Crippen LogP contribution in [0.3, 0.4) is 0 Å². The Morgan fingerprint density at radius 2 is 1.49 bits per heavy atom. The lowest BCUT2D eigenvalue weighted by Gasteiger charge is -2.43. The summed E-state index contributed by atoms with van der Waals surface area (Å²) in [4.78, 5) is 110. The van der Waals surface area contributed by atoms with Gasteiger partial charge >= 0.3 is 0 Å². The SMILES string of the molecule is COC1CN(C2CCOC(C)C2O)CCO1.COc1cccc2c1C(=O)c1c(O)c3c(c(O)c1C2=O)CC(C(=O)NCCNC(=O)C1CCCN1C(=O)CNC(=O)CNC(=O)CCNC(=O)c1cccc(S(C)(=O)=O)n1)CC3. The first-order valence-electron chi connectivity index (χ1n) is 25.6. The van der Waals surface area contributed by atoms with Gasteiger partial charge in [0.05, 0.1) is 55.7 Å². The Labute approximate surface area is 450 Å². The van der Waals surface area contributed by atoms with E-state index in [-0.39, 0.29) is 126 Å². The molecule has 78 heavy (non-hydrogen) atoms. The second-order valence-corrected chi connectivity index (χ2v) is 21.3. The number of phenols is 2. The largest absolute Gasteiger partial charge is 0.507 e. The van der Waals surface area contributed by atoms with E-state index in [2.05, 4.69) is 36.5 Å². The number of amides is 6. The lowest BCUT2D eigenvalue weighted by atomic mass is 9.75. The van der Waals surface area contributed by atoms with Crippen molar-refractivity contribution in [2.45, 2.75) is 87.5 Å². The fourth-order valence-electron chi connectivity index (χ4n) is 10.2. The number of carbonyl (C=O) groups excluding carboxylic acids is 8. The molecule has 3 fully saturated rings. The molecule has 2 aromatic carbocycles. The number of benzene rings is 2. The van der Waals surface area contributed by atoms with Crippen molar-refractivity contribution >= 4 is 56.8 Å². The number of ether oxygens (including phenoxy) is 4. The van der Waals surface area contributed by atoms with Crippen LogP contribution in [0.15, 0.2) is 41.4 Å². The number of rotatable bonds is 17. The predicted octanol–water partition coefficient (Wildman–Crippen LogP) is -1.11. The fraction of sp³-hybridized carbons (Fsp3) is 0.519. The molecule has 0 spiro atoms. The van der Waals surface area contributed by atoms with Crippen LogP contribution in [0.5, 0.6) is 17.2 Å². The molecule has 6 atom stereocenters. The maximum Gasteiger partial charge on any atom is 0.269 e. The summed E-state index contributed by atoms with van der Waals surface area (Å²) in [6, 6.07) is 7.79. The van der Waals surface area contributed by atoms with E-state index >= 15 is 0 Å². The van der Waals surface area contributed by atoms with E-state index in [1.165, 1.54) is 48.4 Å². The maximum absolute atomic E-state index is 13.5. The number of hydrogen-bond acceptors (Lipinski definition) is 19. The quantitative estimate of drug-likeness (QED) is 0.0459. The number of likely N-dealkylation sites (tertiary alicyclic amines) is 1. The number of aromatic hydroxyl groups is 2. The monoisotopic (exact) mass is 1110 g/mol. The summed E-state index contributed by atoms with van der Waals surface area (Å²) >= 11 is 0. The number of aliphatic hydroxyl groups is 1. The second kappa shape index (κ2) is 26.0. The van der Waals surface area contributed by atoms with E-state index in [0.29, 0.717) is 19.4 Å². The zero-order valence-electron chi connectivity index (χ0n) is 43.8. The van der Waals surface area contributed by atoms with Crippen LogP contribution in [0.2, 0.25) is 0 Å². The molecular weight excluding hydrogens is 1040 g/mol. The fourth-order valence-corrected chi connectivity index (χ4v) is 10.8. The number of nitrogens with zero attached hydrogens (tertiary/aromatic N) is 3. The maximum atomic E-state index is 13.5. The summed E-state index contributed by atoms with van der Waals surface area (Å²) in [5.74, 6) is -5.97. The molecule has 8 rings (SSSR count). The summed E-state index contributed by atoms with van der Waals surface area (Å²) in [6.07, 6.45) is 2.28. The van der Waals surface area contributed by atoms with Gasteiger partial charge in [-0.1, -0.05) is 18.2 Å². The van der Waals surface area contributed by atoms with Gasteiger partial charge < -0.3 is 65.8 Å². The van der Waals surface area contributed by atoms with E-state index in [1.807, 2.05) is 6.92 Å². The van der Waals surface area contributed by atoms with Gasteiger partial charge in [-0.05, 0) is 63.6 Å². The molecule has 5 aliphatic rings. The van der Waals surface area contributed by atoms with Gasteiger partial charge in [-0.15, -0.1) is 0 Å². The highest BCUT2D eigenvalue weighted by Gasteiger charge is 2.42. The van der Waals surface area contributed by atoms with Crippen LogP contribution in [0, 0.1) is 5.92 Å². The molecule has 2 aliphatic carbocycles. The summed E-state index contributed by atoms with van der Waals surface area (Å²) in [6.45, 7) is 4.20. The molecule has 8 N–H and O–H groups in total. The molecule has 3 saturated heterocycles. The summed E-state index contributed by atoms with van der Waals surface area (Å²) < 4.78 is 44.7. The zero-order valence-corrected chi connectivity index (χ0v) is 44.6. The highest BCUT2D eigenvalue weighted by molar-refractivity contribution is 7.90. The van der Waals surface area contributed by atoms with Crippen LogP contribution in [-0.4, -0.2) is 202 Å². The summed E-state index contributed by atoms with van der Waals surface area (Å²) in [7, 11) is -0.624. The molecule has 3 aliphatic heterocycles. The number of fused-ring (bicyclic) bond motifs is 3. The van der Waals surface area contributed by atoms with Gasteiger partial charge in [0.15, 0.2) is 26.9 Å². The van der Waals surface area contributed by atoms with Gasteiger partial charge in [0.2, 0.25) is 35.3 Å². The number of carbonyl (C=O) groups is 8. The Kier molecular flexibility index (Phi) is 19.6. The summed E-state index contributed by atoms with van der Waals surface area (Å²) in [5, 5.41) is 45.0. The highest BCUT2D eigenvalue weighted by Crippen LogP contribution is 2.47. The topological polar surface area (TPSA) is 348 Å². The molecule has 422 valence electrons. The Balaban J connectivity index is 0.000000468. The first-order valence-corrected chi connectivity index (χ1v) is 27.5. The minimum atomic E-state index is -3.63. The second-order valence-electron chi connectivity index (χ2n) is 19.4. The number of hydrogen-bond donors (Lipinski definition) is 8. The van der Waals surface area contributed by atoms with E-state index < -0.39 is 93.6 Å². The molecule has 0 radical (unpaired) electrons. The van der Waals surface area contributed by atoms with Crippen LogP contribution in [0.1, 0.15) is 92.5 Å². The third-order valence-electron chi connectivity index (χ3n) is 14.3. The molecule has 25 nitrogen and oxygen atoms in total. The van der Waals surface area contributed by atoms with E-state index in [9.17, 15) is 62.1 Å². The van der Waals surface area contributed by atoms with Gasteiger partial charge in [0.25, 0.3) is 5.91 Å². The Bertz CT molecular complexity index is 2920. The van der Waals surface area contributed by atoms with Crippen LogP contribution in [0.25, 0.3) is 0 Å². The van der Waals surface area contributed by atoms with Crippen molar-refractivity contribution in [2.75, 3.05) is 86.0 Å². The number of morpholine rings is 1. The lowest BCUT2D eigenvalue weighted by molar-refractivity contribution is -0.190. The van der Waals surface area contributed by atoms with Crippen molar-refractivity contribution in [3.05, 3.63) is 75.5 Å². The lowest BCUT2D eigenvalue weighted by Crippen LogP contribution is -2.57. The van der Waals surface area contributed by atoms with Crippen molar-refractivity contribution < 1.29 is 81.0 Å². The Morgan fingerprint density at radius 1 is 0.782 bits per heavy atom. The zero-order chi connectivity index (χ0) is 56.4. The highest BCUT2D eigenvalue weighted by atomic mass is 32.2. The third-order valence-corrected chi connectivity index (χ3v) is 15.3. The molecule has 0 bridgehead atoms. The molecule has 3 aromatic rings. The molecule has 0 saturated carbocycles. The molecular formula is C52H66N8O17S. The number of methoxy groups -OCH3 is 2. The molecule has 4 heterocycles. The molecule has 6 unspecified atom stereocenters. The average molecular weight is 1110 g/mol. The average Bonchev–Trinajstić information content (AvgIpc) is 4.09. The van der Waals surface area contributed by atoms with Gasteiger partial charge in [-0.3, -0.25) is 43.3 Å². The Morgan fingerprint density at radius 3 is 2.22 bits per heavy atom. The van der Waals surface area contributed by atoms with Crippen molar-refractivity contribution in [1.82, 2.24) is 41.4 Å². The molecule has 1 aromatic heterocycles. The van der Waals surface area contributed by atoms with Crippen LogP contribution in [0.4, 0.5) is 0 Å². The number of aliphatic hydroxyl groups excluding tert-OH is 1. The van der Waals surface area contributed by atoms with Crippen molar-refractivity contribution in [3.63, 3.8) is 0 Å². The first kappa shape index (κ1) is 58.6. The van der Waals surface area contributed by atoms with Crippen LogP contribution >= 0.6 is 0 Å². The van der Waals surface area contributed by atoms with Gasteiger partial charge in [-0.2, -0.15) is 0 Å². The number of nitrogens with one attached hydrogen (secondary N) is 5. The Hall–Kier alpha value is -7.10. The normalized spacial score (nSPS) is 21.8. The smallest absolute Gasteiger partial charge is 0.269 e. The van der Waals surface area contributed by atoms with Crippen molar-refractivity contribution in [3.8, 4) is 17.2 Å².